The lowest BCUT2D eigenvalue weighted by Gasteiger charge is -2.33. The molecule has 0 bridgehead atoms. The van der Waals surface area contributed by atoms with Gasteiger partial charge in [-0.25, -0.2) is 0 Å². The van der Waals surface area contributed by atoms with E-state index in [1.54, 1.807) is 0 Å². The number of ether oxygens (including phenoxy) is 2. The number of aliphatic carboxylic acids is 1. The first-order valence-corrected chi connectivity index (χ1v) is 7.55. The van der Waals surface area contributed by atoms with Crippen LogP contribution in [0.15, 0.2) is 18.2 Å². The minimum absolute atomic E-state index is 0.148. The zero-order valence-electron chi connectivity index (χ0n) is 12.6. The predicted octanol–water partition coefficient (Wildman–Crippen LogP) is 2.55. The molecule has 0 atom stereocenters. The number of benzene rings is 1. The molecule has 1 heterocycles. The van der Waals surface area contributed by atoms with Crippen molar-refractivity contribution in [2.75, 3.05) is 19.8 Å². The van der Waals surface area contributed by atoms with Crippen LogP contribution in [0.2, 0.25) is 5.02 Å². The summed E-state index contributed by atoms with van der Waals surface area (Å²) in [6.45, 7) is -2.69. The van der Waals surface area contributed by atoms with E-state index >= 15 is 0 Å². The molecule has 1 fully saturated rings. The first-order chi connectivity index (χ1) is 11.3. The average molecular weight is 364 g/mol. The quantitative estimate of drug-likeness (QED) is 0.811. The van der Waals surface area contributed by atoms with Gasteiger partial charge in [-0.2, -0.15) is 8.78 Å². The van der Waals surface area contributed by atoms with E-state index < -0.39 is 23.9 Å². The number of nitrogens with one attached hydrogen (secondary N) is 1. The normalized spacial score (nSPS) is 16.7. The zero-order chi connectivity index (χ0) is 17.7. The molecule has 2 N–H and O–H groups in total. The number of halogens is 3. The minimum Gasteiger partial charge on any atom is -0.481 e. The number of carboxylic acids is 1. The second-order valence-corrected chi connectivity index (χ2v) is 5.84. The Kier molecular flexibility index (Phi) is 5.95. The van der Waals surface area contributed by atoms with Crippen LogP contribution in [0, 0.1) is 5.41 Å². The highest BCUT2D eigenvalue weighted by molar-refractivity contribution is 6.31. The van der Waals surface area contributed by atoms with E-state index in [0.717, 1.165) is 6.07 Å². The summed E-state index contributed by atoms with van der Waals surface area (Å²) in [5.41, 5.74) is -1.33. The van der Waals surface area contributed by atoms with Crippen LogP contribution in [0.1, 0.15) is 23.2 Å². The monoisotopic (exact) mass is 363 g/mol. The predicted molar refractivity (Wildman–Crippen MR) is 80.5 cm³/mol. The van der Waals surface area contributed by atoms with Crippen molar-refractivity contribution in [2.24, 2.45) is 5.41 Å². The van der Waals surface area contributed by atoms with Gasteiger partial charge in [-0.1, -0.05) is 11.6 Å². The van der Waals surface area contributed by atoms with Crippen molar-refractivity contribution in [3.8, 4) is 5.75 Å². The fourth-order valence-corrected chi connectivity index (χ4v) is 2.62. The maximum Gasteiger partial charge on any atom is 0.387 e. The molecule has 1 aromatic rings. The molecule has 1 saturated heterocycles. The van der Waals surface area contributed by atoms with Gasteiger partial charge in [0.2, 0.25) is 0 Å². The first kappa shape index (κ1) is 18.4. The fourth-order valence-electron chi connectivity index (χ4n) is 2.45. The van der Waals surface area contributed by atoms with Crippen LogP contribution in [0.25, 0.3) is 0 Å². The molecule has 0 aromatic heterocycles. The molecule has 0 unspecified atom stereocenters. The number of carbonyl (C=O) groups is 2. The minimum atomic E-state index is -3.10. The van der Waals surface area contributed by atoms with E-state index in [4.69, 9.17) is 16.3 Å². The molecular formula is C15H16ClF2NO5. The van der Waals surface area contributed by atoms with Crippen LogP contribution in [-0.2, 0) is 9.53 Å². The molecule has 132 valence electrons. The molecule has 1 amide bonds. The summed E-state index contributed by atoms with van der Waals surface area (Å²) < 4.78 is 34.3. The Bertz CT molecular complexity index is 620. The Balaban J connectivity index is 2.14. The van der Waals surface area contributed by atoms with Crippen LogP contribution in [-0.4, -0.2) is 43.4 Å². The van der Waals surface area contributed by atoms with Crippen molar-refractivity contribution >= 4 is 23.5 Å². The van der Waals surface area contributed by atoms with Crippen LogP contribution in [0.5, 0.6) is 5.75 Å². The maximum absolute atomic E-state index is 12.4. The lowest BCUT2D eigenvalue weighted by molar-refractivity contribution is -0.154. The Labute approximate surface area is 141 Å². The Morgan fingerprint density at radius 2 is 2.04 bits per heavy atom. The molecular weight excluding hydrogens is 348 g/mol. The molecule has 0 spiro atoms. The summed E-state index contributed by atoms with van der Waals surface area (Å²) in [6, 6.07) is 3.66. The van der Waals surface area contributed by atoms with Gasteiger partial charge >= 0.3 is 12.6 Å². The third kappa shape index (κ3) is 4.33. The Morgan fingerprint density at radius 3 is 2.62 bits per heavy atom. The van der Waals surface area contributed by atoms with Gasteiger partial charge in [-0.15, -0.1) is 0 Å². The molecule has 0 saturated carbocycles. The van der Waals surface area contributed by atoms with Crippen molar-refractivity contribution in [3.63, 3.8) is 0 Å². The lowest BCUT2D eigenvalue weighted by atomic mass is 9.80. The zero-order valence-corrected chi connectivity index (χ0v) is 13.3. The van der Waals surface area contributed by atoms with Crippen molar-refractivity contribution in [1.82, 2.24) is 5.32 Å². The standard InChI is InChI=1S/C15H16ClF2NO5/c16-9-1-2-11(24-14(17)18)10(7-9)12(20)19-8-15(13(21)22)3-5-23-6-4-15/h1-2,7,14H,3-6,8H2,(H,19,20)(H,21,22). The summed E-state index contributed by atoms with van der Waals surface area (Å²) in [5, 5.41) is 12.1. The molecule has 1 aliphatic rings. The summed E-state index contributed by atoms with van der Waals surface area (Å²) in [5.74, 6) is -2.11. The Morgan fingerprint density at radius 1 is 1.38 bits per heavy atom. The van der Waals surface area contributed by atoms with Gasteiger partial charge in [0.1, 0.15) is 5.75 Å². The smallest absolute Gasteiger partial charge is 0.387 e. The van der Waals surface area contributed by atoms with Gasteiger partial charge in [-0.05, 0) is 31.0 Å². The Hall–Kier alpha value is -1.93. The fraction of sp³-hybridized carbons (Fsp3) is 0.467. The van der Waals surface area contributed by atoms with E-state index in [-0.39, 0.29) is 48.9 Å². The van der Waals surface area contributed by atoms with Gasteiger partial charge in [0.25, 0.3) is 5.91 Å². The molecule has 0 radical (unpaired) electrons. The van der Waals surface area contributed by atoms with Gasteiger partial charge in [0.05, 0.1) is 11.0 Å². The molecule has 2 rings (SSSR count). The third-order valence-electron chi connectivity index (χ3n) is 3.89. The van der Waals surface area contributed by atoms with E-state index in [1.165, 1.54) is 12.1 Å². The highest BCUT2D eigenvalue weighted by Gasteiger charge is 2.40. The van der Waals surface area contributed by atoms with Gasteiger partial charge in [-0.3, -0.25) is 9.59 Å². The van der Waals surface area contributed by atoms with E-state index in [2.05, 4.69) is 10.1 Å². The molecule has 6 nitrogen and oxygen atoms in total. The molecule has 1 aliphatic heterocycles. The summed E-state index contributed by atoms with van der Waals surface area (Å²) in [6.07, 6.45) is 0.497. The number of rotatable bonds is 6. The third-order valence-corrected chi connectivity index (χ3v) is 4.13. The van der Waals surface area contributed by atoms with Crippen LogP contribution in [0.4, 0.5) is 8.78 Å². The van der Waals surface area contributed by atoms with E-state index in [9.17, 15) is 23.5 Å². The van der Waals surface area contributed by atoms with E-state index in [1.807, 2.05) is 0 Å². The molecule has 24 heavy (non-hydrogen) atoms. The first-order valence-electron chi connectivity index (χ1n) is 7.18. The number of alkyl halides is 2. The largest absolute Gasteiger partial charge is 0.481 e. The number of amides is 1. The van der Waals surface area contributed by atoms with Gasteiger partial charge in [0, 0.05) is 24.8 Å². The van der Waals surface area contributed by atoms with Crippen molar-refractivity contribution in [1.29, 1.82) is 0 Å². The SMILES string of the molecule is O=C(NCC1(C(=O)O)CCOCC1)c1cc(Cl)ccc1OC(F)F. The highest BCUT2D eigenvalue weighted by Crippen LogP contribution is 2.31. The van der Waals surface area contributed by atoms with Crippen LogP contribution in [0.3, 0.4) is 0 Å². The van der Waals surface area contributed by atoms with Gasteiger partial charge < -0.3 is 19.9 Å². The van der Waals surface area contributed by atoms with Crippen molar-refractivity contribution in [2.45, 2.75) is 19.5 Å². The number of hydrogen-bond donors (Lipinski definition) is 2. The second-order valence-electron chi connectivity index (χ2n) is 5.40. The van der Waals surface area contributed by atoms with Gasteiger partial charge in [0.15, 0.2) is 0 Å². The average Bonchev–Trinajstić information content (AvgIpc) is 2.54. The number of hydrogen-bond acceptors (Lipinski definition) is 4. The van der Waals surface area contributed by atoms with Crippen molar-refractivity contribution < 1.29 is 33.0 Å². The summed E-state index contributed by atoms with van der Waals surface area (Å²) in [7, 11) is 0. The highest BCUT2D eigenvalue weighted by atomic mass is 35.5. The van der Waals surface area contributed by atoms with Crippen molar-refractivity contribution in [3.05, 3.63) is 28.8 Å². The molecule has 1 aromatic carbocycles. The summed E-state index contributed by atoms with van der Waals surface area (Å²) >= 11 is 5.79. The van der Waals surface area contributed by atoms with E-state index in [0.29, 0.717) is 0 Å². The topological polar surface area (TPSA) is 84.9 Å². The lowest BCUT2D eigenvalue weighted by Crippen LogP contribution is -2.46. The number of carboxylic acid groups (broad SMARTS) is 1. The summed E-state index contributed by atoms with van der Waals surface area (Å²) in [4.78, 5) is 23.8. The molecule has 9 heteroatoms. The number of carbonyl (C=O) groups excluding carboxylic acids is 1. The second kappa shape index (κ2) is 7.76. The maximum atomic E-state index is 12.4. The van der Waals surface area contributed by atoms with Crippen LogP contribution < -0.4 is 10.1 Å². The molecule has 0 aliphatic carbocycles. The van der Waals surface area contributed by atoms with Crippen LogP contribution >= 0.6 is 11.6 Å².